The van der Waals surface area contributed by atoms with Gasteiger partial charge < -0.3 is 0 Å². The Kier molecular flexibility index (Phi) is 5.23. The summed E-state index contributed by atoms with van der Waals surface area (Å²) in [5.41, 5.74) is 1.39. The van der Waals surface area contributed by atoms with Crippen LogP contribution in [0.15, 0.2) is 0 Å². The van der Waals surface area contributed by atoms with Crippen molar-refractivity contribution in [2.75, 3.05) is 0 Å². The molecule has 1 unspecified atom stereocenters. The first-order valence-corrected chi connectivity index (χ1v) is 6.60. The summed E-state index contributed by atoms with van der Waals surface area (Å²) in [6, 6.07) is -1.10. The van der Waals surface area contributed by atoms with Gasteiger partial charge in [0.25, 0.3) is 0 Å². The van der Waals surface area contributed by atoms with Crippen molar-refractivity contribution in [3.8, 4) is 0 Å². The number of hydroxylamine groups is 1. The Bertz CT molecular complexity index is 161. The van der Waals surface area contributed by atoms with Crippen molar-refractivity contribution < 1.29 is 13.7 Å². The fourth-order valence-electron chi connectivity index (χ4n) is 0.517. The van der Waals surface area contributed by atoms with Crippen molar-refractivity contribution in [1.82, 2.24) is 5.48 Å². The van der Waals surface area contributed by atoms with Crippen LogP contribution in [0.2, 0.25) is 11.1 Å². The fourth-order valence-corrected chi connectivity index (χ4v) is 1.71. The molecule has 5 nitrogen and oxygen atoms in total. The fraction of sp³-hybridized carbons (Fsp3) is 0.800. The van der Waals surface area contributed by atoms with Gasteiger partial charge in [-0.15, -0.1) is 0 Å². The van der Waals surface area contributed by atoms with E-state index in [9.17, 15) is 13.8 Å². The van der Waals surface area contributed by atoms with E-state index in [1.165, 1.54) is 5.48 Å². The van der Waals surface area contributed by atoms with Gasteiger partial charge in [-0.3, -0.25) is 0 Å². The van der Waals surface area contributed by atoms with Crippen molar-refractivity contribution in [3.05, 3.63) is 5.21 Å². The van der Waals surface area contributed by atoms with Crippen LogP contribution in [-0.2, 0) is 8.63 Å². The summed E-state index contributed by atoms with van der Waals surface area (Å²) in [5.74, 6) is 0.372. The summed E-state index contributed by atoms with van der Waals surface area (Å²) >= 11 is -1.86. The van der Waals surface area contributed by atoms with E-state index < -0.39 is 25.8 Å². The average Bonchev–Trinajstić information content (AvgIpc) is 1.87. The van der Waals surface area contributed by atoms with Crippen LogP contribution in [-0.4, -0.2) is 31.0 Å². The molecule has 0 amide bonds. The quantitative estimate of drug-likeness (QED) is 0.508. The third kappa shape index (κ3) is 5.03. The van der Waals surface area contributed by atoms with Gasteiger partial charge in [0.05, 0.1) is 0 Å². The van der Waals surface area contributed by atoms with Crippen molar-refractivity contribution >= 4 is 19.8 Å². The van der Waals surface area contributed by atoms with E-state index in [2.05, 4.69) is 0 Å². The molecule has 6 heteroatoms. The van der Waals surface area contributed by atoms with Gasteiger partial charge >= 0.3 is 67.8 Å². The second-order valence-electron chi connectivity index (χ2n) is 2.07. The Morgan fingerprint density at radius 2 is 2.36 bits per heavy atom. The van der Waals surface area contributed by atoms with Gasteiger partial charge in [-0.05, 0) is 0 Å². The third-order valence-electron chi connectivity index (χ3n) is 1.13. The van der Waals surface area contributed by atoms with Gasteiger partial charge in [-0.25, -0.2) is 0 Å². The standard InChI is InChI=1S/C5H10NO4Se/c1-11(10)3-2-4(6-9)5(7)8/h4,6H,2-3H2,1H3,(H,7,8)/q-1/t4-,11?/m0/s1. The van der Waals surface area contributed by atoms with E-state index in [-0.39, 0.29) is 6.42 Å². The SMILES string of the molecule is C[Se](=O)CC[C@H](N[O-])C(=O)O. The number of hydrogen-bond donors (Lipinski definition) is 2. The first-order valence-electron chi connectivity index (χ1n) is 2.98. The molecular formula is C5H10NO4Se-. The Morgan fingerprint density at radius 3 is 2.64 bits per heavy atom. The molecule has 0 aromatic carbocycles. The number of carboxylic acids is 1. The average molecular weight is 227 g/mol. The molecule has 2 atom stereocenters. The molecule has 66 valence electrons. The molecule has 0 aliphatic rings. The number of carbonyl (C=O) groups is 1. The molecule has 0 aliphatic carbocycles. The maximum absolute atomic E-state index is 10.6. The minimum atomic E-state index is -1.86. The van der Waals surface area contributed by atoms with E-state index in [0.717, 1.165) is 0 Å². The predicted octanol–water partition coefficient (Wildman–Crippen LogP) is -0.0311. The van der Waals surface area contributed by atoms with Gasteiger partial charge in [0, 0.05) is 0 Å². The van der Waals surface area contributed by atoms with Crippen molar-refractivity contribution in [1.29, 1.82) is 0 Å². The van der Waals surface area contributed by atoms with Crippen LogP contribution in [0.1, 0.15) is 6.42 Å². The first kappa shape index (κ1) is 10.7. The second kappa shape index (κ2) is 5.37. The molecule has 0 saturated carbocycles. The van der Waals surface area contributed by atoms with E-state index in [1.54, 1.807) is 5.82 Å². The van der Waals surface area contributed by atoms with Crippen LogP contribution in [0.3, 0.4) is 0 Å². The molecule has 0 rings (SSSR count). The number of hydrogen-bond acceptors (Lipinski definition) is 4. The van der Waals surface area contributed by atoms with Gasteiger partial charge in [0.15, 0.2) is 0 Å². The Labute approximate surface area is 68.4 Å². The summed E-state index contributed by atoms with van der Waals surface area (Å²) in [6.45, 7) is 0. The van der Waals surface area contributed by atoms with E-state index >= 15 is 0 Å². The zero-order valence-corrected chi connectivity index (χ0v) is 7.78. The maximum atomic E-state index is 10.6. The normalized spacial score (nSPS) is 15.8. The van der Waals surface area contributed by atoms with E-state index in [4.69, 9.17) is 5.11 Å². The zero-order chi connectivity index (χ0) is 8.85. The van der Waals surface area contributed by atoms with Gasteiger partial charge in [-0.2, -0.15) is 0 Å². The monoisotopic (exact) mass is 228 g/mol. The van der Waals surface area contributed by atoms with Crippen LogP contribution in [0.5, 0.6) is 0 Å². The molecule has 0 heterocycles. The van der Waals surface area contributed by atoms with E-state index in [1.807, 2.05) is 0 Å². The molecular weight excluding hydrogens is 217 g/mol. The summed E-state index contributed by atoms with van der Waals surface area (Å²) in [6.07, 6.45) is 0.142. The van der Waals surface area contributed by atoms with Gasteiger partial charge in [-0.1, -0.05) is 0 Å². The Hall–Kier alpha value is -0.291. The van der Waals surface area contributed by atoms with Crippen LogP contribution in [0.4, 0.5) is 0 Å². The van der Waals surface area contributed by atoms with Crippen molar-refractivity contribution in [2.24, 2.45) is 0 Å². The molecule has 0 aromatic rings. The van der Waals surface area contributed by atoms with Crippen molar-refractivity contribution in [2.45, 2.75) is 23.6 Å². The Morgan fingerprint density at radius 1 is 1.82 bits per heavy atom. The van der Waals surface area contributed by atoms with Gasteiger partial charge in [0.2, 0.25) is 0 Å². The number of rotatable bonds is 5. The molecule has 11 heavy (non-hydrogen) atoms. The topological polar surface area (TPSA) is 89.5 Å². The molecule has 0 saturated heterocycles. The second-order valence-corrected chi connectivity index (χ2v) is 5.34. The van der Waals surface area contributed by atoms with E-state index in [0.29, 0.717) is 5.32 Å². The zero-order valence-electron chi connectivity index (χ0n) is 6.07. The third-order valence-corrected chi connectivity index (χ3v) is 2.84. The molecule has 0 radical (unpaired) electrons. The molecule has 0 bridgehead atoms. The first-order chi connectivity index (χ1) is 5.07. The van der Waals surface area contributed by atoms with Crippen molar-refractivity contribution in [3.63, 3.8) is 0 Å². The molecule has 0 fully saturated rings. The Balaban J connectivity index is 3.70. The van der Waals surface area contributed by atoms with Crippen LogP contribution < -0.4 is 5.48 Å². The van der Waals surface area contributed by atoms with Crippen LogP contribution in [0.25, 0.3) is 0 Å². The summed E-state index contributed by atoms with van der Waals surface area (Å²) in [4.78, 5) is 10.2. The van der Waals surface area contributed by atoms with Gasteiger partial charge in [0.1, 0.15) is 0 Å². The van der Waals surface area contributed by atoms with Crippen LogP contribution >= 0.6 is 0 Å². The summed E-state index contributed by atoms with van der Waals surface area (Å²) in [7, 11) is 0. The minimum absolute atomic E-state index is 0.142. The molecule has 0 aliphatic heterocycles. The molecule has 0 spiro atoms. The number of nitrogens with one attached hydrogen (secondary N) is 1. The predicted molar refractivity (Wildman–Crippen MR) is 39.7 cm³/mol. The number of aliphatic carboxylic acids is 1. The molecule has 0 aromatic heterocycles. The van der Waals surface area contributed by atoms with Crippen LogP contribution in [0, 0.1) is 5.21 Å². The summed E-state index contributed by atoms with van der Waals surface area (Å²) in [5, 5.41) is 18.6. The summed E-state index contributed by atoms with van der Waals surface area (Å²) < 4.78 is 10.6. The number of carboxylic acid groups (broad SMARTS) is 1. The molecule has 2 N–H and O–H groups in total.